The molecule has 1 aliphatic heterocycles. The molecule has 1 aromatic rings. The van der Waals surface area contributed by atoms with Gasteiger partial charge in [-0.1, -0.05) is 13.3 Å². The molecule has 1 saturated heterocycles. The van der Waals surface area contributed by atoms with E-state index in [4.69, 9.17) is 10.8 Å². The summed E-state index contributed by atoms with van der Waals surface area (Å²) in [5.74, 6) is 9.84. The van der Waals surface area contributed by atoms with Crippen LogP contribution >= 0.6 is 0 Å². The highest BCUT2D eigenvalue weighted by Gasteiger charge is 2.30. The van der Waals surface area contributed by atoms with Crippen molar-refractivity contribution in [1.29, 1.82) is 0 Å². The highest BCUT2D eigenvalue weighted by atomic mass is 15.3. The van der Waals surface area contributed by atoms with Gasteiger partial charge < -0.3 is 10.3 Å². The fourth-order valence-electron chi connectivity index (χ4n) is 3.16. The first-order chi connectivity index (χ1) is 9.72. The van der Waals surface area contributed by atoms with Gasteiger partial charge in [0.25, 0.3) is 0 Å². The minimum absolute atomic E-state index is 0.551. The summed E-state index contributed by atoms with van der Waals surface area (Å²) in [5, 5.41) is 0. The monoisotopic (exact) mass is 275 g/mol. The lowest BCUT2D eigenvalue weighted by molar-refractivity contribution is 0.529. The molecule has 1 aliphatic carbocycles. The van der Waals surface area contributed by atoms with Crippen LogP contribution in [0, 0.1) is 12.8 Å². The lowest BCUT2D eigenvalue weighted by Gasteiger charge is -2.21. The first-order valence-electron chi connectivity index (χ1n) is 7.83. The lowest BCUT2D eigenvalue weighted by atomic mass is 10.0. The first-order valence-corrected chi connectivity index (χ1v) is 7.83. The average molecular weight is 275 g/mol. The van der Waals surface area contributed by atoms with Crippen molar-refractivity contribution in [2.24, 2.45) is 11.8 Å². The summed E-state index contributed by atoms with van der Waals surface area (Å²) in [6.45, 7) is 6.56. The van der Waals surface area contributed by atoms with Crippen LogP contribution in [0.25, 0.3) is 0 Å². The third-order valence-corrected chi connectivity index (χ3v) is 4.50. The Bertz CT molecular complexity index is 483. The number of rotatable bonds is 5. The number of hydrogen-bond donors (Lipinski definition) is 2. The van der Waals surface area contributed by atoms with E-state index < -0.39 is 0 Å². The second-order valence-corrected chi connectivity index (χ2v) is 6.19. The number of hydrazine groups is 1. The molecule has 0 amide bonds. The Morgan fingerprint density at radius 2 is 2.10 bits per heavy atom. The molecule has 0 aromatic carbocycles. The Balaban J connectivity index is 1.86. The van der Waals surface area contributed by atoms with Crippen molar-refractivity contribution < 1.29 is 0 Å². The summed E-state index contributed by atoms with van der Waals surface area (Å²) in [7, 11) is 0. The minimum atomic E-state index is 0.551. The van der Waals surface area contributed by atoms with Gasteiger partial charge in [0, 0.05) is 24.6 Å². The van der Waals surface area contributed by atoms with Crippen molar-refractivity contribution in [3.05, 3.63) is 11.4 Å². The lowest BCUT2D eigenvalue weighted by Crippen LogP contribution is -2.24. The van der Waals surface area contributed by atoms with Gasteiger partial charge in [0.15, 0.2) is 0 Å². The summed E-state index contributed by atoms with van der Waals surface area (Å²) in [6, 6.07) is 0. The molecule has 1 atom stereocenters. The van der Waals surface area contributed by atoms with Crippen LogP contribution in [-0.2, 0) is 0 Å². The molecule has 5 heteroatoms. The molecule has 5 nitrogen and oxygen atoms in total. The van der Waals surface area contributed by atoms with Gasteiger partial charge in [-0.25, -0.2) is 15.8 Å². The number of aromatic nitrogens is 2. The molecule has 0 spiro atoms. The summed E-state index contributed by atoms with van der Waals surface area (Å²) in [4.78, 5) is 11.8. The van der Waals surface area contributed by atoms with E-state index in [2.05, 4.69) is 29.2 Å². The molecular formula is C15H25N5. The Morgan fingerprint density at radius 3 is 2.75 bits per heavy atom. The third kappa shape index (κ3) is 2.59. The third-order valence-electron chi connectivity index (χ3n) is 4.50. The second-order valence-electron chi connectivity index (χ2n) is 6.19. The van der Waals surface area contributed by atoms with E-state index in [1.54, 1.807) is 0 Å². The Kier molecular flexibility index (Phi) is 3.78. The van der Waals surface area contributed by atoms with Crippen molar-refractivity contribution in [2.45, 2.75) is 51.9 Å². The molecule has 20 heavy (non-hydrogen) atoms. The summed E-state index contributed by atoms with van der Waals surface area (Å²) in [6.07, 6.45) is 6.29. The number of nitrogens with zero attached hydrogens (tertiary/aromatic N) is 3. The molecule has 3 rings (SSSR count). The largest absolute Gasteiger partial charge is 0.356 e. The van der Waals surface area contributed by atoms with Crippen molar-refractivity contribution in [1.82, 2.24) is 9.97 Å². The van der Waals surface area contributed by atoms with Crippen LogP contribution < -0.4 is 16.2 Å². The van der Waals surface area contributed by atoms with Gasteiger partial charge in [0.2, 0.25) is 0 Å². The van der Waals surface area contributed by atoms with Gasteiger partial charge in [0.1, 0.15) is 17.5 Å². The van der Waals surface area contributed by atoms with Gasteiger partial charge in [-0.2, -0.15) is 0 Å². The van der Waals surface area contributed by atoms with Crippen LogP contribution in [-0.4, -0.2) is 23.1 Å². The highest BCUT2D eigenvalue weighted by molar-refractivity contribution is 5.59. The molecule has 3 N–H and O–H groups in total. The second kappa shape index (κ2) is 5.56. The zero-order valence-corrected chi connectivity index (χ0v) is 12.5. The molecule has 2 aliphatic rings. The fraction of sp³-hybridized carbons (Fsp3) is 0.733. The first kappa shape index (κ1) is 13.6. The van der Waals surface area contributed by atoms with Gasteiger partial charge >= 0.3 is 0 Å². The fourth-order valence-corrected chi connectivity index (χ4v) is 3.16. The maximum Gasteiger partial charge on any atom is 0.148 e. The maximum absolute atomic E-state index is 5.62. The zero-order valence-electron chi connectivity index (χ0n) is 12.5. The number of anilines is 2. The van der Waals surface area contributed by atoms with Crippen molar-refractivity contribution >= 4 is 11.6 Å². The van der Waals surface area contributed by atoms with E-state index in [9.17, 15) is 0 Å². The number of hydrogen-bond acceptors (Lipinski definition) is 5. The van der Waals surface area contributed by atoms with Gasteiger partial charge in [-0.15, -0.1) is 0 Å². The Morgan fingerprint density at radius 1 is 1.30 bits per heavy atom. The summed E-state index contributed by atoms with van der Waals surface area (Å²) < 4.78 is 0. The highest BCUT2D eigenvalue weighted by Crippen LogP contribution is 2.40. The van der Waals surface area contributed by atoms with Crippen LogP contribution in [0.4, 0.5) is 11.6 Å². The minimum Gasteiger partial charge on any atom is -0.356 e. The normalized spacial score (nSPS) is 22.4. The van der Waals surface area contributed by atoms with Gasteiger partial charge in [-0.3, -0.25) is 0 Å². The smallest absolute Gasteiger partial charge is 0.148 e. The molecule has 0 bridgehead atoms. The maximum atomic E-state index is 5.62. The van der Waals surface area contributed by atoms with Gasteiger partial charge in [0.05, 0.1) is 0 Å². The van der Waals surface area contributed by atoms with Crippen LogP contribution in [0.5, 0.6) is 0 Å². The molecule has 2 fully saturated rings. The molecule has 1 saturated carbocycles. The van der Waals surface area contributed by atoms with Crippen LogP contribution in [0.3, 0.4) is 0 Å². The molecule has 1 aromatic heterocycles. The van der Waals surface area contributed by atoms with E-state index in [1.807, 2.05) is 0 Å². The van der Waals surface area contributed by atoms with Crippen LogP contribution in [0.15, 0.2) is 0 Å². The van der Waals surface area contributed by atoms with Crippen LogP contribution in [0.1, 0.15) is 56.3 Å². The van der Waals surface area contributed by atoms with E-state index in [0.29, 0.717) is 5.92 Å². The molecule has 0 radical (unpaired) electrons. The summed E-state index contributed by atoms with van der Waals surface area (Å²) >= 11 is 0. The van der Waals surface area contributed by atoms with E-state index in [-0.39, 0.29) is 0 Å². The topological polar surface area (TPSA) is 67.1 Å². The summed E-state index contributed by atoms with van der Waals surface area (Å²) in [5.41, 5.74) is 3.82. The van der Waals surface area contributed by atoms with Crippen LogP contribution in [0.2, 0.25) is 0 Å². The number of nitrogens with one attached hydrogen (secondary N) is 1. The predicted molar refractivity (Wildman–Crippen MR) is 81.8 cm³/mol. The molecule has 2 heterocycles. The Hall–Kier alpha value is -1.36. The molecule has 110 valence electrons. The average Bonchev–Trinajstić information content (AvgIpc) is 3.20. The van der Waals surface area contributed by atoms with E-state index >= 15 is 0 Å². The molecular weight excluding hydrogens is 250 g/mol. The van der Waals surface area contributed by atoms with Crippen molar-refractivity contribution in [3.63, 3.8) is 0 Å². The zero-order chi connectivity index (χ0) is 14.1. The number of nitrogen functional groups attached to an aromatic ring is 1. The van der Waals surface area contributed by atoms with Crippen molar-refractivity contribution in [2.75, 3.05) is 23.4 Å². The van der Waals surface area contributed by atoms with Gasteiger partial charge in [-0.05, 0) is 38.5 Å². The van der Waals surface area contributed by atoms with E-state index in [0.717, 1.165) is 42.0 Å². The number of nitrogens with two attached hydrogens (primary N) is 1. The standard InChI is InChI=1S/C15H25N5/c1-3-4-11-7-8-20(9-11)15-10(2)13(19-16)17-14(18-15)12-5-6-12/h11-12H,3-9,16H2,1-2H3,(H,17,18,19). The SMILES string of the molecule is CCCC1CCN(c2nc(C3CC3)nc(NN)c2C)C1. The van der Waals surface area contributed by atoms with E-state index in [1.165, 1.54) is 32.1 Å². The Labute approximate surface area is 120 Å². The van der Waals surface area contributed by atoms with Crippen molar-refractivity contribution in [3.8, 4) is 0 Å². The quantitative estimate of drug-likeness (QED) is 0.638. The predicted octanol–water partition coefficient (Wildman–Crippen LogP) is 2.57. The molecule has 1 unspecified atom stereocenters.